The number of pyridine rings is 2. The fourth-order valence-corrected chi connectivity index (χ4v) is 3.77. The van der Waals surface area contributed by atoms with Crippen LogP contribution in [0.3, 0.4) is 0 Å². The molecule has 4 rings (SSSR count). The van der Waals surface area contributed by atoms with Crippen molar-refractivity contribution in [3.63, 3.8) is 0 Å². The summed E-state index contributed by atoms with van der Waals surface area (Å²) in [7, 11) is 0. The van der Waals surface area contributed by atoms with Crippen molar-refractivity contribution in [1.29, 1.82) is 0 Å². The minimum atomic E-state index is 0.0272. The topological polar surface area (TPSA) is 53.7 Å². The van der Waals surface area contributed by atoms with Gasteiger partial charge in [0, 0.05) is 60.9 Å². The third kappa shape index (κ3) is 3.76. The van der Waals surface area contributed by atoms with Gasteiger partial charge in [-0.1, -0.05) is 20.8 Å². The average molecular weight is 442 g/mol. The van der Waals surface area contributed by atoms with Crippen LogP contribution < -0.4 is 4.90 Å². The van der Waals surface area contributed by atoms with Crippen molar-refractivity contribution >= 4 is 33.2 Å². The van der Waals surface area contributed by atoms with Gasteiger partial charge in [-0.3, -0.25) is 9.78 Å². The first kappa shape index (κ1) is 18.9. The number of amides is 1. The molecule has 0 bridgehead atoms. The predicted octanol–water partition coefficient (Wildman–Crippen LogP) is 3.75. The number of carbonyl (C=O) groups is 1. The molecular weight excluding hydrogens is 418 g/mol. The smallest absolute Gasteiger partial charge is 0.255 e. The van der Waals surface area contributed by atoms with Gasteiger partial charge in [-0.05, 0) is 34.1 Å². The predicted molar refractivity (Wildman–Crippen MR) is 114 cm³/mol. The van der Waals surface area contributed by atoms with Crippen LogP contribution in [0.1, 0.15) is 36.8 Å². The van der Waals surface area contributed by atoms with Crippen LogP contribution in [0.4, 0.5) is 5.69 Å². The molecular formula is C21H24BrN5O. The van der Waals surface area contributed by atoms with Crippen molar-refractivity contribution in [1.82, 2.24) is 19.3 Å². The van der Waals surface area contributed by atoms with E-state index in [0.717, 1.165) is 34.6 Å². The molecule has 0 aliphatic carbocycles. The van der Waals surface area contributed by atoms with E-state index in [1.807, 2.05) is 11.0 Å². The van der Waals surface area contributed by atoms with Crippen LogP contribution in [0.2, 0.25) is 0 Å². The van der Waals surface area contributed by atoms with Gasteiger partial charge in [0.05, 0.1) is 16.9 Å². The van der Waals surface area contributed by atoms with Crippen molar-refractivity contribution in [3.05, 3.63) is 58.7 Å². The molecule has 0 radical (unpaired) electrons. The number of anilines is 1. The number of nitrogens with zero attached hydrogens (tertiary/aromatic N) is 5. The molecule has 0 aromatic carbocycles. The molecule has 0 unspecified atom stereocenters. The Morgan fingerprint density at radius 2 is 1.82 bits per heavy atom. The summed E-state index contributed by atoms with van der Waals surface area (Å²) < 4.78 is 2.92. The van der Waals surface area contributed by atoms with E-state index in [1.165, 1.54) is 0 Å². The zero-order valence-electron chi connectivity index (χ0n) is 16.4. The van der Waals surface area contributed by atoms with Crippen LogP contribution in [0, 0.1) is 0 Å². The van der Waals surface area contributed by atoms with Crippen LogP contribution in [0.15, 0.2) is 47.5 Å². The second-order valence-electron chi connectivity index (χ2n) is 8.20. The Bertz CT molecular complexity index is 1020. The molecule has 0 atom stereocenters. The Morgan fingerprint density at radius 1 is 1.07 bits per heavy atom. The van der Waals surface area contributed by atoms with Crippen LogP contribution in [-0.2, 0) is 5.41 Å². The Hall–Kier alpha value is -2.41. The summed E-state index contributed by atoms with van der Waals surface area (Å²) in [4.78, 5) is 25.7. The SMILES string of the molecule is CC(C)(C)c1cn2cc(N3CCN(C(=O)c4cncc(Br)c4)CC3)ccc2n1. The van der Waals surface area contributed by atoms with E-state index in [9.17, 15) is 4.79 Å². The number of piperazine rings is 1. The summed E-state index contributed by atoms with van der Waals surface area (Å²) in [6, 6.07) is 6.00. The first-order chi connectivity index (χ1) is 13.3. The molecule has 6 nitrogen and oxygen atoms in total. The van der Waals surface area contributed by atoms with Gasteiger partial charge < -0.3 is 14.2 Å². The maximum Gasteiger partial charge on any atom is 0.255 e. The van der Waals surface area contributed by atoms with Crippen LogP contribution in [-0.4, -0.2) is 51.4 Å². The Labute approximate surface area is 173 Å². The number of imidazole rings is 1. The van der Waals surface area contributed by atoms with Gasteiger partial charge in [0.25, 0.3) is 5.91 Å². The normalized spacial score (nSPS) is 15.3. The molecule has 3 aromatic heterocycles. The maximum absolute atomic E-state index is 12.7. The number of carbonyl (C=O) groups excluding carboxylic acids is 1. The lowest BCUT2D eigenvalue weighted by Gasteiger charge is -2.36. The molecule has 146 valence electrons. The number of fused-ring (bicyclic) bond motifs is 1. The highest BCUT2D eigenvalue weighted by Gasteiger charge is 2.23. The molecule has 0 N–H and O–H groups in total. The van der Waals surface area contributed by atoms with Gasteiger partial charge in [0.1, 0.15) is 5.65 Å². The Balaban J connectivity index is 1.47. The monoisotopic (exact) mass is 441 g/mol. The van der Waals surface area contributed by atoms with E-state index in [1.54, 1.807) is 12.4 Å². The lowest BCUT2D eigenvalue weighted by atomic mass is 9.93. The highest BCUT2D eigenvalue weighted by atomic mass is 79.9. The average Bonchev–Trinajstić information content (AvgIpc) is 3.11. The molecule has 1 fully saturated rings. The van der Waals surface area contributed by atoms with Gasteiger partial charge in [-0.2, -0.15) is 0 Å². The van der Waals surface area contributed by atoms with Crippen LogP contribution >= 0.6 is 15.9 Å². The lowest BCUT2D eigenvalue weighted by molar-refractivity contribution is 0.0746. The molecule has 1 saturated heterocycles. The van der Waals surface area contributed by atoms with Crippen molar-refractivity contribution in [3.8, 4) is 0 Å². The molecule has 0 spiro atoms. The molecule has 28 heavy (non-hydrogen) atoms. The van der Waals surface area contributed by atoms with E-state index in [0.29, 0.717) is 18.7 Å². The summed E-state index contributed by atoms with van der Waals surface area (Å²) in [5.41, 5.74) is 3.85. The fraction of sp³-hybridized carbons (Fsp3) is 0.381. The lowest BCUT2D eigenvalue weighted by Crippen LogP contribution is -2.48. The molecule has 4 heterocycles. The minimum absolute atomic E-state index is 0.0272. The van der Waals surface area contributed by atoms with Gasteiger partial charge in [0.15, 0.2) is 0 Å². The zero-order valence-corrected chi connectivity index (χ0v) is 18.0. The minimum Gasteiger partial charge on any atom is -0.367 e. The third-order valence-corrected chi connectivity index (χ3v) is 5.52. The third-order valence-electron chi connectivity index (χ3n) is 5.09. The maximum atomic E-state index is 12.7. The highest BCUT2D eigenvalue weighted by Crippen LogP contribution is 2.24. The van der Waals surface area contributed by atoms with Gasteiger partial charge in [0.2, 0.25) is 0 Å². The van der Waals surface area contributed by atoms with Crippen LogP contribution in [0.5, 0.6) is 0 Å². The standard InChI is InChI=1S/C21H24BrN5O/c1-21(2,3)18-14-27-13-17(4-5-19(27)24-18)25-6-8-26(9-7-25)20(28)15-10-16(22)12-23-11-15/h4-5,10-14H,6-9H2,1-3H3. The quantitative estimate of drug-likeness (QED) is 0.607. The number of halogens is 1. The van der Waals surface area contributed by atoms with E-state index < -0.39 is 0 Å². The van der Waals surface area contributed by atoms with E-state index in [2.05, 4.69) is 75.5 Å². The summed E-state index contributed by atoms with van der Waals surface area (Å²) in [6.07, 6.45) is 7.55. The number of aromatic nitrogens is 3. The number of rotatable bonds is 2. The first-order valence-electron chi connectivity index (χ1n) is 9.45. The summed E-state index contributed by atoms with van der Waals surface area (Å²) in [6.45, 7) is 9.52. The number of hydrogen-bond acceptors (Lipinski definition) is 4. The van der Waals surface area contributed by atoms with Crippen molar-refractivity contribution in [2.75, 3.05) is 31.1 Å². The Kier molecular flexibility index (Phi) is 4.87. The van der Waals surface area contributed by atoms with E-state index >= 15 is 0 Å². The second-order valence-corrected chi connectivity index (χ2v) is 9.12. The molecule has 3 aromatic rings. The molecule has 1 aliphatic rings. The summed E-state index contributed by atoms with van der Waals surface area (Å²) >= 11 is 3.38. The van der Waals surface area contributed by atoms with Gasteiger partial charge >= 0.3 is 0 Å². The summed E-state index contributed by atoms with van der Waals surface area (Å²) in [5, 5.41) is 0. The van der Waals surface area contributed by atoms with E-state index in [-0.39, 0.29) is 11.3 Å². The van der Waals surface area contributed by atoms with Gasteiger partial charge in [-0.15, -0.1) is 0 Å². The van der Waals surface area contributed by atoms with Crippen molar-refractivity contribution in [2.45, 2.75) is 26.2 Å². The molecule has 1 amide bonds. The fourth-order valence-electron chi connectivity index (χ4n) is 3.41. The Morgan fingerprint density at radius 3 is 2.50 bits per heavy atom. The second kappa shape index (κ2) is 7.20. The van der Waals surface area contributed by atoms with E-state index in [4.69, 9.17) is 4.98 Å². The van der Waals surface area contributed by atoms with Crippen LogP contribution in [0.25, 0.3) is 5.65 Å². The largest absolute Gasteiger partial charge is 0.367 e. The first-order valence-corrected chi connectivity index (χ1v) is 10.2. The number of hydrogen-bond donors (Lipinski definition) is 0. The highest BCUT2D eigenvalue weighted by molar-refractivity contribution is 9.10. The van der Waals surface area contributed by atoms with Gasteiger partial charge in [-0.25, -0.2) is 4.98 Å². The van der Waals surface area contributed by atoms with Crippen molar-refractivity contribution in [2.24, 2.45) is 0 Å². The summed E-state index contributed by atoms with van der Waals surface area (Å²) in [5.74, 6) is 0.0355. The molecule has 1 aliphatic heterocycles. The molecule has 7 heteroatoms. The zero-order chi connectivity index (χ0) is 19.9. The van der Waals surface area contributed by atoms with Crippen molar-refractivity contribution < 1.29 is 4.79 Å². The molecule has 0 saturated carbocycles.